The Morgan fingerprint density at radius 3 is 2.82 bits per heavy atom. The zero-order valence-corrected chi connectivity index (χ0v) is 15.1. The van der Waals surface area contributed by atoms with Crippen LogP contribution < -0.4 is 10.1 Å². The van der Waals surface area contributed by atoms with Crippen molar-refractivity contribution < 1.29 is 9.84 Å². The van der Waals surface area contributed by atoms with E-state index in [1.807, 2.05) is 39.0 Å². The molecule has 1 atom stereocenters. The summed E-state index contributed by atoms with van der Waals surface area (Å²) in [5.74, 6) is 0.675. The molecule has 0 saturated carbocycles. The van der Waals surface area contributed by atoms with Crippen molar-refractivity contribution >= 4 is 33.5 Å². The fourth-order valence-electron chi connectivity index (χ4n) is 2.04. The zero-order valence-electron chi connectivity index (χ0n) is 12.9. The van der Waals surface area contributed by atoms with Gasteiger partial charge in [0.2, 0.25) is 0 Å². The van der Waals surface area contributed by atoms with E-state index in [2.05, 4.69) is 39.0 Å². The first-order valence-corrected chi connectivity index (χ1v) is 8.16. The number of aliphatic hydroxyl groups excluding tert-OH is 1. The summed E-state index contributed by atoms with van der Waals surface area (Å²) in [6.45, 7) is 6.81. The van der Waals surface area contributed by atoms with Gasteiger partial charge in [0.1, 0.15) is 30.2 Å². The van der Waals surface area contributed by atoms with Crippen LogP contribution in [0.2, 0.25) is 0 Å². The van der Waals surface area contributed by atoms with E-state index in [-0.39, 0.29) is 12.1 Å². The lowest BCUT2D eigenvalue weighted by atomic mass is 10.1. The van der Waals surface area contributed by atoms with E-state index in [4.69, 9.17) is 10.00 Å². The van der Waals surface area contributed by atoms with Gasteiger partial charge < -0.3 is 20.1 Å². The number of nitrogens with zero attached hydrogens (tertiary/aromatic N) is 1. The van der Waals surface area contributed by atoms with Crippen LogP contribution >= 0.6 is 22.6 Å². The summed E-state index contributed by atoms with van der Waals surface area (Å²) < 4.78 is 6.60. The SMILES string of the molecule is CC(C)(C)NCC(O)COc1cccc2[nH]c(C#N)c(I)c12. The summed E-state index contributed by atoms with van der Waals surface area (Å²) in [5, 5.41) is 23.2. The summed E-state index contributed by atoms with van der Waals surface area (Å²) in [6, 6.07) is 7.76. The number of hydrogen-bond acceptors (Lipinski definition) is 4. The molecule has 0 radical (unpaired) electrons. The van der Waals surface area contributed by atoms with Crippen molar-refractivity contribution in [2.75, 3.05) is 13.2 Å². The molecule has 118 valence electrons. The first-order chi connectivity index (χ1) is 10.3. The van der Waals surface area contributed by atoms with Crippen LogP contribution in [0.4, 0.5) is 0 Å². The van der Waals surface area contributed by atoms with Crippen molar-refractivity contribution in [2.45, 2.75) is 32.4 Å². The van der Waals surface area contributed by atoms with Crippen LogP contribution in [0.5, 0.6) is 5.75 Å². The number of β-amino-alcohol motifs (C(OH)–C–C–N with tert-alkyl or cyclic N) is 1. The number of halogens is 1. The van der Waals surface area contributed by atoms with E-state index in [0.717, 1.165) is 14.5 Å². The Kier molecular flexibility index (Phi) is 5.32. The van der Waals surface area contributed by atoms with Gasteiger partial charge in [-0.25, -0.2) is 0 Å². The maximum atomic E-state index is 10.0. The second-order valence-electron chi connectivity index (χ2n) is 6.20. The van der Waals surface area contributed by atoms with Crippen molar-refractivity contribution in [2.24, 2.45) is 0 Å². The highest BCUT2D eigenvalue weighted by molar-refractivity contribution is 14.1. The molecule has 1 aromatic heterocycles. The molecule has 0 saturated heterocycles. The van der Waals surface area contributed by atoms with Crippen molar-refractivity contribution in [3.8, 4) is 11.8 Å². The van der Waals surface area contributed by atoms with Crippen LogP contribution in [0.1, 0.15) is 26.5 Å². The number of benzene rings is 1. The molecule has 2 aromatic rings. The van der Waals surface area contributed by atoms with Gasteiger partial charge in [-0.1, -0.05) is 6.07 Å². The summed E-state index contributed by atoms with van der Waals surface area (Å²) in [5.41, 5.74) is 1.35. The summed E-state index contributed by atoms with van der Waals surface area (Å²) in [7, 11) is 0. The molecule has 0 spiro atoms. The Morgan fingerprint density at radius 1 is 1.45 bits per heavy atom. The van der Waals surface area contributed by atoms with Crippen LogP contribution in [0.25, 0.3) is 10.9 Å². The van der Waals surface area contributed by atoms with Crippen molar-refractivity contribution in [1.82, 2.24) is 10.3 Å². The Bertz CT molecular complexity index is 698. The molecule has 0 amide bonds. The molecule has 5 nitrogen and oxygen atoms in total. The minimum atomic E-state index is -0.596. The smallest absolute Gasteiger partial charge is 0.132 e. The number of nitrogens with one attached hydrogen (secondary N) is 2. The molecule has 0 aliphatic rings. The van der Waals surface area contributed by atoms with Crippen LogP contribution in [0.15, 0.2) is 18.2 Å². The van der Waals surface area contributed by atoms with E-state index >= 15 is 0 Å². The molecule has 0 aliphatic carbocycles. The van der Waals surface area contributed by atoms with Gasteiger partial charge in [-0.05, 0) is 55.5 Å². The Morgan fingerprint density at radius 2 is 2.18 bits per heavy atom. The van der Waals surface area contributed by atoms with E-state index in [9.17, 15) is 5.11 Å². The third kappa shape index (κ3) is 4.12. The molecular formula is C16H20IN3O2. The molecule has 6 heteroatoms. The second kappa shape index (κ2) is 6.86. The van der Waals surface area contributed by atoms with Gasteiger partial charge in [0.05, 0.1) is 14.5 Å². The van der Waals surface area contributed by atoms with Crippen molar-refractivity contribution in [1.29, 1.82) is 5.26 Å². The first-order valence-electron chi connectivity index (χ1n) is 7.08. The maximum absolute atomic E-state index is 10.0. The highest BCUT2D eigenvalue weighted by atomic mass is 127. The van der Waals surface area contributed by atoms with Gasteiger partial charge in [0.25, 0.3) is 0 Å². The molecule has 3 N–H and O–H groups in total. The molecule has 0 bridgehead atoms. The normalized spacial score (nSPS) is 13.1. The van der Waals surface area contributed by atoms with Crippen LogP contribution in [-0.4, -0.2) is 34.9 Å². The average Bonchev–Trinajstić information content (AvgIpc) is 2.79. The van der Waals surface area contributed by atoms with E-state index < -0.39 is 6.10 Å². The number of rotatable bonds is 5. The van der Waals surface area contributed by atoms with Gasteiger partial charge in [-0.2, -0.15) is 5.26 Å². The monoisotopic (exact) mass is 413 g/mol. The second-order valence-corrected chi connectivity index (χ2v) is 7.28. The van der Waals surface area contributed by atoms with Crippen LogP contribution in [0.3, 0.4) is 0 Å². The highest BCUT2D eigenvalue weighted by Gasteiger charge is 2.16. The van der Waals surface area contributed by atoms with Crippen LogP contribution in [0, 0.1) is 14.9 Å². The van der Waals surface area contributed by atoms with Gasteiger partial charge in [0.15, 0.2) is 0 Å². The Hall–Kier alpha value is -1.30. The Labute approximate surface area is 143 Å². The molecule has 0 aliphatic heterocycles. The van der Waals surface area contributed by atoms with Gasteiger partial charge in [0, 0.05) is 12.1 Å². The third-order valence-corrected chi connectivity index (χ3v) is 4.21. The lowest BCUT2D eigenvalue weighted by Crippen LogP contribution is -2.42. The standard InChI is InChI=1S/C16H20IN3O2/c1-16(2,3)19-8-10(21)9-22-13-6-4-5-11-14(13)15(17)12(7-18)20-11/h4-6,10,19-21H,8-9H2,1-3H3. The van der Waals surface area contributed by atoms with Crippen LogP contribution in [-0.2, 0) is 0 Å². The topological polar surface area (TPSA) is 81.1 Å². The number of hydrogen-bond donors (Lipinski definition) is 3. The van der Waals surface area contributed by atoms with E-state index in [0.29, 0.717) is 18.0 Å². The number of aromatic amines is 1. The number of aromatic nitrogens is 1. The lowest BCUT2D eigenvalue weighted by Gasteiger charge is -2.23. The maximum Gasteiger partial charge on any atom is 0.132 e. The molecule has 1 unspecified atom stereocenters. The largest absolute Gasteiger partial charge is 0.490 e. The molecule has 2 rings (SSSR count). The summed E-state index contributed by atoms with van der Waals surface area (Å²) in [6.07, 6.45) is -0.596. The molecular weight excluding hydrogens is 393 g/mol. The number of nitriles is 1. The predicted molar refractivity (Wildman–Crippen MR) is 95.0 cm³/mol. The minimum absolute atomic E-state index is 0.0429. The van der Waals surface area contributed by atoms with Gasteiger partial charge in [-0.15, -0.1) is 0 Å². The summed E-state index contributed by atoms with van der Waals surface area (Å²) in [4.78, 5) is 3.06. The fraction of sp³-hybridized carbons (Fsp3) is 0.438. The molecule has 22 heavy (non-hydrogen) atoms. The number of H-pyrrole nitrogens is 1. The molecule has 0 fully saturated rings. The van der Waals surface area contributed by atoms with Gasteiger partial charge >= 0.3 is 0 Å². The lowest BCUT2D eigenvalue weighted by molar-refractivity contribution is 0.101. The average molecular weight is 413 g/mol. The van der Waals surface area contributed by atoms with E-state index in [1.165, 1.54) is 0 Å². The van der Waals surface area contributed by atoms with Gasteiger partial charge in [-0.3, -0.25) is 0 Å². The predicted octanol–water partition coefficient (Wildman–Crippen LogP) is 2.77. The summed E-state index contributed by atoms with van der Waals surface area (Å²) >= 11 is 2.14. The Balaban J connectivity index is 2.09. The molecule has 1 heterocycles. The van der Waals surface area contributed by atoms with Crippen molar-refractivity contribution in [3.05, 3.63) is 27.5 Å². The number of aliphatic hydroxyl groups is 1. The zero-order chi connectivity index (χ0) is 16.3. The minimum Gasteiger partial charge on any atom is -0.490 e. The third-order valence-electron chi connectivity index (χ3n) is 3.14. The fourth-order valence-corrected chi connectivity index (χ4v) is 2.85. The number of fused-ring (bicyclic) bond motifs is 1. The number of ether oxygens (including phenoxy) is 1. The molecule has 1 aromatic carbocycles. The van der Waals surface area contributed by atoms with Crippen molar-refractivity contribution in [3.63, 3.8) is 0 Å². The van der Waals surface area contributed by atoms with E-state index in [1.54, 1.807) is 0 Å². The highest BCUT2D eigenvalue weighted by Crippen LogP contribution is 2.32. The first kappa shape index (κ1) is 17.1. The quantitative estimate of drug-likeness (QED) is 0.659.